The number of benzene rings is 1. The van der Waals surface area contributed by atoms with Gasteiger partial charge in [0.15, 0.2) is 5.11 Å². The normalized spacial score (nSPS) is 11.1. The molecule has 2 rings (SSSR count). The van der Waals surface area contributed by atoms with Crippen LogP contribution in [0, 0.1) is 17.0 Å². The molecule has 0 saturated heterocycles. The molecule has 23 heavy (non-hydrogen) atoms. The summed E-state index contributed by atoms with van der Waals surface area (Å²) in [6, 6.07) is 7.33. The lowest BCUT2D eigenvalue weighted by atomic mass is 10.1. The van der Waals surface area contributed by atoms with Crippen molar-refractivity contribution in [2.45, 2.75) is 13.8 Å². The SMILES string of the molecule is C/C(=N\C(=S)Nc1nc(C)cc(=O)[nH]1)c1ccc([N+](=O)[O-])cc1. The number of hydrogen-bond acceptors (Lipinski definition) is 5. The summed E-state index contributed by atoms with van der Waals surface area (Å²) in [6.45, 7) is 3.41. The van der Waals surface area contributed by atoms with Gasteiger partial charge in [-0.3, -0.25) is 19.9 Å². The van der Waals surface area contributed by atoms with Gasteiger partial charge in [0.05, 0.1) is 4.92 Å². The number of rotatable bonds is 3. The maximum absolute atomic E-state index is 11.4. The minimum atomic E-state index is -0.470. The van der Waals surface area contributed by atoms with Crippen LogP contribution in [0.1, 0.15) is 18.2 Å². The molecule has 0 unspecified atom stereocenters. The number of hydrogen-bond donors (Lipinski definition) is 2. The Labute approximate surface area is 136 Å². The Hall–Kier alpha value is -2.94. The second-order valence-electron chi connectivity index (χ2n) is 4.67. The van der Waals surface area contributed by atoms with Crippen molar-refractivity contribution in [2.75, 3.05) is 5.32 Å². The summed E-state index contributed by atoms with van der Waals surface area (Å²) in [5.74, 6) is 0.209. The number of nitro benzene ring substituents is 1. The first kappa shape index (κ1) is 16.4. The molecule has 0 atom stereocenters. The number of nitrogens with zero attached hydrogens (tertiary/aromatic N) is 3. The Morgan fingerprint density at radius 1 is 1.39 bits per heavy atom. The second kappa shape index (κ2) is 6.88. The lowest BCUT2D eigenvalue weighted by molar-refractivity contribution is -0.384. The van der Waals surface area contributed by atoms with Crippen LogP contribution in [0.2, 0.25) is 0 Å². The van der Waals surface area contributed by atoms with Gasteiger partial charge < -0.3 is 5.32 Å². The van der Waals surface area contributed by atoms with E-state index in [0.717, 1.165) is 0 Å². The fourth-order valence-electron chi connectivity index (χ4n) is 1.81. The Morgan fingerprint density at radius 3 is 2.61 bits per heavy atom. The van der Waals surface area contributed by atoms with Gasteiger partial charge in [0.1, 0.15) is 0 Å². The summed E-state index contributed by atoms with van der Waals surface area (Å²) in [6.07, 6.45) is 0. The number of aromatic amines is 1. The van der Waals surface area contributed by atoms with Crippen LogP contribution < -0.4 is 10.9 Å². The van der Waals surface area contributed by atoms with Gasteiger partial charge in [0.25, 0.3) is 11.2 Å². The molecule has 1 aromatic heterocycles. The summed E-state index contributed by atoms with van der Waals surface area (Å²) in [5.41, 5.74) is 1.54. The Balaban J connectivity index is 2.14. The Kier molecular flexibility index (Phi) is 4.91. The first-order chi connectivity index (χ1) is 10.8. The number of aromatic nitrogens is 2. The van der Waals surface area contributed by atoms with Crippen LogP contribution >= 0.6 is 12.2 Å². The topological polar surface area (TPSA) is 113 Å². The Morgan fingerprint density at radius 2 is 2.04 bits per heavy atom. The second-order valence-corrected chi connectivity index (χ2v) is 5.05. The van der Waals surface area contributed by atoms with Gasteiger partial charge in [-0.2, -0.15) is 0 Å². The maximum atomic E-state index is 11.4. The molecule has 0 bridgehead atoms. The van der Waals surface area contributed by atoms with Gasteiger partial charge >= 0.3 is 0 Å². The number of anilines is 1. The van der Waals surface area contributed by atoms with Crippen LogP contribution in [0.4, 0.5) is 11.6 Å². The molecule has 0 spiro atoms. The third-order valence-corrected chi connectivity index (χ3v) is 3.05. The van der Waals surface area contributed by atoms with E-state index in [0.29, 0.717) is 17.0 Å². The van der Waals surface area contributed by atoms with Gasteiger partial charge in [-0.1, -0.05) is 0 Å². The zero-order chi connectivity index (χ0) is 17.0. The molecule has 0 fully saturated rings. The average molecular weight is 331 g/mol. The summed E-state index contributed by atoms with van der Waals surface area (Å²) in [7, 11) is 0. The molecule has 0 aliphatic heterocycles. The number of aliphatic imine (C=N–C) groups is 1. The van der Waals surface area contributed by atoms with Crippen molar-refractivity contribution in [2.24, 2.45) is 4.99 Å². The third-order valence-electron chi connectivity index (χ3n) is 2.86. The third kappa shape index (κ3) is 4.51. The highest BCUT2D eigenvalue weighted by atomic mass is 32.1. The number of aryl methyl sites for hydroxylation is 1. The van der Waals surface area contributed by atoms with E-state index in [1.54, 1.807) is 26.0 Å². The van der Waals surface area contributed by atoms with Crippen LogP contribution in [0.15, 0.2) is 40.1 Å². The molecular weight excluding hydrogens is 318 g/mol. The van der Waals surface area contributed by atoms with E-state index >= 15 is 0 Å². The number of H-pyrrole nitrogens is 1. The molecule has 0 saturated carbocycles. The lowest BCUT2D eigenvalue weighted by Gasteiger charge is -2.05. The highest BCUT2D eigenvalue weighted by Gasteiger charge is 2.06. The van der Waals surface area contributed by atoms with Gasteiger partial charge in [-0.15, -0.1) is 0 Å². The van der Waals surface area contributed by atoms with Crippen molar-refractivity contribution in [1.82, 2.24) is 9.97 Å². The predicted octanol–water partition coefficient (Wildman–Crippen LogP) is 2.19. The summed E-state index contributed by atoms with van der Waals surface area (Å²) in [5, 5.41) is 13.5. The average Bonchev–Trinajstić information content (AvgIpc) is 2.45. The number of thiocarbonyl (C=S) groups is 1. The standard InChI is InChI=1S/C14H13N5O3S/c1-8-7-12(20)17-13(15-8)18-14(23)16-9(2)10-3-5-11(6-4-10)19(21)22/h3-7H,1-2H3,(H2,15,17,18,20,23)/b16-9+. The molecule has 118 valence electrons. The largest absolute Gasteiger partial charge is 0.301 e. The molecule has 1 aromatic carbocycles. The minimum absolute atomic E-state index is 0.00351. The quantitative estimate of drug-likeness (QED) is 0.386. The fraction of sp³-hybridized carbons (Fsp3) is 0.143. The number of non-ortho nitro benzene ring substituents is 1. The maximum Gasteiger partial charge on any atom is 0.269 e. The molecule has 0 amide bonds. The van der Waals surface area contributed by atoms with Crippen molar-refractivity contribution in [1.29, 1.82) is 0 Å². The van der Waals surface area contributed by atoms with Crippen molar-refractivity contribution in [3.05, 3.63) is 62.1 Å². The van der Waals surface area contributed by atoms with Crippen molar-refractivity contribution < 1.29 is 4.92 Å². The van der Waals surface area contributed by atoms with E-state index < -0.39 is 4.92 Å². The molecule has 0 radical (unpaired) electrons. The number of nitrogens with one attached hydrogen (secondary N) is 2. The summed E-state index contributed by atoms with van der Waals surface area (Å²) >= 11 is 5.10. The summed E-state index contributed by atoms with van der Waals surface area (Å²) in [4.78, 5) is 32.3. The number of nitro groups is 1. The van der Waals surface area contributed by atoms with E-state index in [1.165, 1.54) is 18.2 Å². The monoisotopic (exact) mass is 331 g/mol. The van der Waals surface area contributed by atoms with Crippen molar-refractivity contribution in [3.8, 4) is 0 Å². The van der Waals surface area contributed by atoms with Gasteiger partial charge in [-0.25, -0.2) is 9.98 Å². The molecule has 1 heterocycles. The molecule has 9 heteroatoms. The van der Waals surface area contributed by atoms with E-state index in [-0.39, 0.29) is 22.3 Å². The van der Waals surface area contributed by atoms with Crippen LogP contribution in [-0.4, -0.2) is 25.7 Å². The lowest BCUT2D eigenvalue weighted by Crippen LogP contribution is -2.16. The van der Waals surface area contributed by atoms with E-state index in [1.807, 2.05) is 0 Å². The molecule has 8 nitrogen and oxygen atoms in total. The molecule has 0 aliphatic carbocycles. The van der Waals surface area contributed by atoms with Crippen LogP contribution in [0.3, 0.4) is 0 Å². The highest BCUT2D eigenvalue weighted by molar-refractivity contribution is 7.80. The van der Waals surface area contributed by atoms with Crippen LogP contribution in [0.25, 0.3) is 0 Å². The van der Waals surface area contributed by atoms with E-state index in [2.05, 4.69) is 20.3 Å². The molecule has 2 N–H and O–H groups in total. The predicted molar refractivity (Wildman–Crippen MR) is 91.1 cm³/mol. The van der Waals surface area contributed by atoms with Gasteiger partial charge in [-0.05, 0) is 43.8 Å². The first-order valence-electron chi connectivity index (χ1n) is 6.54. The molecule has 2 aromatic rings. The van der Waals surface area contributed by atoms with E-state index in [4.69, 9.17) is 12.2 Å². The minimum Gasteiger partial charge on any atom is -0.301 e. The van der Waals surface area contributed by atoms with Crippen molar-refractivity contribution in [3.63, 3.8) is 0 Å². The van der Waals surface area contributed by atoms with Gasteiger partial charge in [0.2, 0.25) is 5.95 Å². The highest BCUT2D eigenvalue weighted by Crippen LogP contribution is 2.12. The zero-order valence-electron chi connectivity index (χ0n) is 12.4. The first-order valence-corrected chi connectivity index (χ1v) is 6.95. The fourth-order valence-corrected chi connectivity index (χ4v) is 2.04. The molecule has 0 aliphatic rings. The zero-order valence-corrected chi connectivity index (χ0v) is 13.2. The van der Waals surface area contributed by atoms with Crippen LogP contribution in [-0.2, 0) is 0 Å². The van der Waals surface area contributed by atoms with Crippen molar-refractivity contribution >= 4 is 34.7 Å². The van der Waals surface area contributed by atoms with E-state index in [9.17, 15) is 14.9 Å². The smallest absolute Gasteiger partial charge is 0.269 e. The summed E-state index contributed by atoms with van der Waals surface area (Å²) < 4.78 is 0. The Bertz CT molecular complexity index is 842. The van der Waals surface area contributed by atoms with Gasteiger partial charge in [0, 0.05) is 29.6 Å². The van der Waals surface area contributed by atoms with Crippen LogP contribution in [0.5, 0.6) is 0 Å². The molecular formula is C14H13N5O3S.